The number of aliphatic imine (C=N–C) groups is 1. The standard InChI is InChI=1S/C21H22N4O/c1-16-6-5-9-20(24-16)25-21(22)23-15-14-17-10-12-19(13-11-17)26-18-7-3-2-4-8-18/h2-13H,14-15H2,1H3,(H3,22,23,24,25). The van der Waals surface area contributed by atoms with Crippen LogP contribution < -0.4 is 15.8 Å². The van der Waals surface area contributed by atoms with Crippen LogP contribution >= 0.6 is 0 Å². The predicted molar refractivity (Wildman–Crippen MR) is 106 cm³/mol. The van der Waals surface area contributed by atoms with Crippen LogP contribution in [0, 0.1) is 6.92 Å². The molecule has 0 unspecified atom stereocenters. The molecule has 0 saturated carbocycles. The molecule has 0 saturated heterocycles. The Hall–Kier alpha value is -3.34. The van der Waals surface area contributed by atoms with Crippen molar-refractivity contribution in [3.63, 3.8) is 0 Å². The lowest BCUT2D eigenvalue weighted by atomic mass is 10.1. The first-order chi connectivity index (χ1) is 12.7. The fraction of sp³-hybridized carbons (Fsp3) is 0.143. The Morgan fingerprint density at radius 3 is 2.42 bits per heavy atom. The number of rotatable bonds is 6. The van der Waals surface area contributed by atoms with E-state index in [1.54, 1.807) is 0 Å². The number of aromatic nitrogens is 1. The van der Waals surface area contributed by atoms with Crippen molar-refractivity contribution in [2.75, 3.05) is 11.9 Å². The lowest BCUT2D eigenvalue weighted by Crippen LogP contribution is -2.23. The molecule has 1 aromatic heterocycles. The predicted octanol–water partition coefficient (Wildman–Crippen LogP) is 4.15. The lowest BCUT2D eigenvalue weighted by Gasteiger charge is -2.07. The summed E-state index contributed by atoms with van der Waals surface area (Å²) in [6.07, 6.45) is 0.801. The topological polar surface area (TPSA) is 72.5 Å². The molecule has 0 radical (unpaired) electrons. The molecule has 0 atom stereocenters. The number of guanidine groups is 1. The van der Waals surface area contributed by atoms with E-state index in [9.17, 15) is 0 Å². The molecule has 2 aromatic carbocycles. The van der Waals surface area contributed by atoms with Crippen molar-refractivity contribution in [2.45, 2.75) is 13.3 Å². The molecule has 0 bridgehead atoms. The maximum absolute atomic E-state index is 5.91. The zero-order chi connectivity index (χ0) is 18.2. The number of hydrogen-bond donors (Lipinski definition) is 2. The minimum absolute atomic E-state index is 0.368. The van der Waals surface area contributed by atoms with Crippen LogP contribution in [0.1, 0.15) is 11.3 Å². The van der Waals surface area contributed by atoms with E-state index in [2.05, 4.69) is 15.3 Å². The first-order valence-electron chi connectivity index (χ1n) is 8.51. The van der Waals surface area contributed by atoms with Crippen molar-refractivity contribution in [3.8, 4) is 11.5 Å². The highest BCUT2D eigenvalue weighted by atomic mass is 16.5. The zero-order valence-corrected chi connectivity index (χ0v) is 14.7. The summed E-state index contributed by atoms with van der Waals surface area (Å²) in [6.45, 7) is 2.53. The number of nitrogens with two attached hydrogens (primary N) is 1. The summed E-state index contributed by atoms with van der Waals surface area (Å²) in [5.74, 6) is 2.71. The van der Waals surface area contributed by atoms with E-state index < -0.39 is 0 Å². The minimum atomic E-state index is 0.368. The summed E-state index contributed by atoms with van der Waals surface area (Å²) in [5, 5.41) is 3.00. The molecule has 1 heterocycles. The fourth-order valence-corrected chi connectivity index (χ4v) is 2.44. The quantitative estimate of drug-likeness (QED) is 0.519. The van der Waals surface area contributed by atoms with Crippen molar-refractivity contribution in [2.24, 2.45) is 10.7 Å². The average molecular weight is 346 g/mol. The molecule has 5 nitrogen and oxygen atoms in total. The van der Waals surface area contributed by atoms with Gasteiger partial charge in [0.1, 0.15) is 17.3 Å². The normalized spacial score (nSPS) is 11.2. The summed E-state index contributed by atoms with van der Waals surface area (Å²) < 4.78 is 5.79. The minimum Gasteiger partial charge on any atom is -0.457 e. The Labute approximate surface area is 153 Å². The number of anilines is 1. The van der Waals surface area contributed by atoms with Crippen molar-refractivity contribution in [3.05, 3.63) is 84.1 Å². The number of ether oxygens (including phenoxy) is 1. The number of nitrogens with one attached hydrogen (secondary N) is 1. The summed E-state index contributed by atoms with van der Waals surface area (Å²) >= 11 is 0. The highest BCUT2D eigenvalue weighted by Crippen LogP contribution is 2.21. The molecule has 3 N–H and O–H groups in total. The largest absolute Gasteiger partial charge is 0.457 e. The van der Waals surface area contributed by atoms with Gasteiger partial charge in [-0.25, -0.2) is 4.98 Å². The number of benzene rings is 2. The molecule has 0 spiro atoms. The van der Waals surface area contributed by atoms with E-state index in [-0.39, 0.29) is 0 Å². The van der Waals surface area contributed by atoms with Crippen LogP contribution in [0.2, 0.25) is 0 Å². The van der Waals surface area contributed by atoms with Gasteiger partial charge in [0, 0.05) is 12.2 Å². The molecular weight excluding hydrogens is 324 g/mol. The summed E-state index contributed by atoms with van der Waals surface area (Å²) in [4.78, 5) is 8.68. The fourth-order valence-electron chi connectivity index (χ4n) is 2.44. The summed E-state index contributed by atoms with van der Waals surface area (Å²) in [7, 11) is 0. The van der Waals surface area contributed by atoms with Crippen molar-refractivity contribution in [1.29, 1.82) is 0 Å². The van der Waals surface area contributed by atoms with Crippen LogP contribution in [0.4, 0.5) is 5.82 Å². The molecule has 3 aromatic rings. The van der Waals surface area contributed by atoms with Crippen LogP contribution in [0.25, 0.3) is 0 Å². The van der Waals surface area contributed by atoms with Gasteiger partial charge in [0.2, 0.25) is 0 Å². The Morgan fingerprint density at radius 1 is 0.962 bits per heavy atom. The van der Waals surface area contributed by atoms with Crippen LogP contribution in [0.15, 0.2) is 77.8 Å². The van der Waals surface area contributed by atoms with Gasteiger partial charge in [-0.1, -0.05) is 36.4 Å². The van der Waals surface area contributed by atoms with Gasteiger partial charge >= 0.3 is 0 Å². The van der Waals surface area contributed by atoms with Crippen molar-refractivity contribution in [1.82, 2.24) is 4.98 Å². The first-order valence-corrected chi connectivity index (χ1v) is 8.51. The first kappa shape index (κ1) is 17.5. The number of hydrogen-bond acceptors (Lipinski definition) is 3. The molecule has 0 aliphatic rings. The zero-order valence-electron chi connectivity index (χ0n) is 14.7. The Bertz CT molecular complexity index is 861. The van der Waals surface area contributed by atoms with Gasteiger partial charge in [-0.05, 0) is 55.3 Å². The van der Waals surface area contributed by atoms with E-state index in [0.717, 1.165) is 23.6 Å². The highest BCUT2D eigenvalue weighted by molar-refractivity contribution is 5.91. The summed E-state index contributed by atoms with van der Waals surface area (Å²) in [5.41, 5.74) is 8.02. The number of para-hydroxylation sites is 1. The Morgan fingerprint density at radius 2 is 1.69 bits per heavy atom. The van der Waals surface area contributed by atoms with Crippen molar-refractivity contribution < 1.29 is 4.74 Å². The van der Waals surface area contributed by atoms with E-state index in [1.807, 2.05) is 79.7 Å². The van der Waals surface area contributed by atoms with E-state index in [0.29, 0.717) is 18.3 Å². The Balaban J connectivity index is 1.50. The van der Waals surface area contributed by atoms with Gasteiger partial charge in [-0.3, -0.25) is 4.99 Å². The summed E-state index contributed by atoms with van der Waals surface area (Å²) in [6, 6.07) is 23.5. The molecule has 0 fully saturated rings. The third kappa shape index (κ3) is 5.34. The van der Waals surface area contributed by atoms with Gasteiger partial charge in [-0.2, -0.15) is 0 Å². The van der Waals surface area contributed by atoms with Crippen LogP contribution in [-0.2, 0) is 6.42 Å². The van der Waals surface area contributed by atoms with Gasteiger partial charge in [-0.15, -0.1) is 0 Å². The molecule has 0 aliphatic carbocycles. The van der Waals surface area contributed by atoms with E-state index >= 15 is 0 Å². The average Bonchev–Trinajstić information content (AvgIpc) is 2.64. The molecule has 26 heavy (non-hydrogen) atoms. The van der Waals surface area contributed by atoms with Crippen LogP contribution in [0.5, 0.6) is 11.5 Å². The van der Waals surface area contributed by atoms with Gasteiger partial charge < -0.3 is 15.8 Å². The number of nitrogens with zero attached hydrogens (tertiary/aromatic N) is 2. The second-order valence-electron chi connectivity index (χ2n) is 5.87. The Kier molecular flexibility index (Phi) is 5.83. The lowest BCUT2D eigenvalue weighted by molar-refractivity contribution is 0.482. The monoisotopic (exact) mass is 346 g/mol. The van der Waals surface area contributed by atoms with Crippen LogP contribution in [-0.4, -0.2) is 17.5 Å². The molecular formula is C21H22N4O. The van der Waals surface area contributed by atoms with Crippen LogP contribution in [0.3, 0.4) is 0 Å². The molecule has 5 heteroatoms. The third-order valence-electron chi connectivity index (χ3n) is 3.73. The second kappa shape index (κ2) is 8.67. The van der Waals surface area contributed by atoms with Gasteiger partial charge in [0.15, 0.2) is 5.96 Å². The van der Waals surface area contributed by atoms with Crippen molar-refractivity contribution >= 4 is 11.8 Å². The van der Waals surface area contributed by atoms with Gasteiger partial charge in [0.05, 0.1) is 0 Å². The molecule has 3 rings (SSSR count). The maximum atomic E-state index is 5.91. The van der Waals surface area contributed by atoms with E-state index in [4.69, 9.17) is 10.5 Å². The highest BCUT2D eigenvalue weighted by Gasteiger charge is 1.99. The molecule has 132 valence electrons. The second-order valence-corrected chi connectivity index (χ2v) is 5.87. The molecule has 0 amide bonds. The van der Waals surface area contributed by atoms with E-state index in [1.165, 1.54) is 5.56 Å². The smallest absolute Gasteiger partial charge is 0.194 e. The third-order valence-corrected chi connectivity index (χ3v) is 3.73. The van der Waals surface area contributed by atoms with Gasteiger partial charge in [0.25, 0.3) is 0 Å². The number of aryl methyl sites for hydroxylation is 1. The molecule has 0 aliphatic heterocycles. The number of pyridine rings is 1. The SMILES string of the molecule is Cc1cccc(NC(N)=NCCc2ccc(Oc3ccccc3)cc2)n1. The maximum Gasteiger partial charge on any atom is 0.194 e.